The summed E-state index contributed by atoms with van der Waals surface area (Å²) in [7, 11) is -3.76. The standard InChI is InChI=1S/C26H38O9S/c1-16(27)35-18-4-9-24(15-34-36(3,31)32)20-5-8-23(2)19(17-12-22(28)33-14-17)7-11-26(23,30)21(20)6-10-25(24,29)13-18/h12,18-21,29-30H,4-11,13-15H2,1-3H3/t18-,19+,20-,21+,23+,24+,25-,26+/m1/s1. The van der Waals surface area contributed by atoms with Crippen LogP contribution in [-0.2, 0) is 33.4 Å². The predicted octanol–water partition coefficient (Wildman–Crippen LogP) is 2.25. The van der Waals surface area contributed by atoms with Crippen molar-refractivity contribution in [1.29, 1.82) is 0 Å². The lowest BCUT2D eigenvalue weighted by molar-refractivity contribution is -0.268. The second-order valence-corrected chi connectivity index (χ2v) is 13.8. The minimum atomic E-state index is -3.76. The van der Waals surface area contributed by atoms with E-state index < -0.39 is 44.2 Å². The van der Waals surface area contributed by atoms with E-state index in [-0.39, 0.29) is 43.4 Å². The van der Waals surface area contributed by atoms with E-state index in [1.807, 2.05) is 0 Å². The lowest BCUT2D eigenvalue weighted by atomic mass is 9.41. The molecule has 0 spiro atoms. The molecule has 5 rings (SSSR count). The fourth-order valence-electron chi connectivity index (χ4n) is 9.02. The van der Waals surface area contributed by atoms with Gasteiger partial charge in [-0.3, -0.25) is 8.98 Å². The highest BCUT2D eigenvalue weighted by atomic mass is 32.2. The van der Waals surface area contributed by atoms with Crippen molar-refractivity contribution in [2.45, 2.75) is 88.9 Å². The monoisotopic (exact) mass is 526 g/mol. The Morgan fingerprint density at radius 1 is 1.11 bits per heavy atom. The highest BCUT2D eigenvalue weighted by Gasteiger charge is 2.71. The van der Waals surface area contributed by atoms with Gasteiger partial charge < -0.3 is 19.7 Å². The van der Waals surface area contributed by atoms with Gasteiger partial charge in [-0.25, -0.2) is 4.79 Å². The topological polar surface area (TPSA) is 136 Å². The molecule has 9 nitrogen and oxygen atoms in total. The van der Waals surface area contributed by atoms with Gasteiger partial charge in [0.05, 0.1) is 24.1 Å². The summed E-state index contributed by atoms with van der Waals surface area (Å²) in [4.78, 5) is 23.4. The first-order valence-corrected chi connectivity index (χ1v) is 14.9. The van der Waals surface area contributed by atoms with Crippen LogP contribution in [0.5, 0.6) is 0 Å². The van der Waals surface area contributed by atoms with Gasteiger partial charge in [-0.15, -0.1) is 0 Å². The van der Waals surface area contributed by atoms with Crippen LogP contribution in [0.3, 0.4) is 0 Å². The molecule has 0 radical (unpaired) electrons. The van der Waals surface area contributed by atoms with Crippen molar-refractivity contribution in [2.24, 2.45) is 28.6 Å². The third kappa shape index (κ3) is 3.85. The zero-order chi connectivity index (χ0) is 26.1. The van der Waals surface area contributed by atoms with Crippen LogP contribution in [0, 0.1) is 28.6 Å². The molecule has 4 fully saturated rings. The van der Waals surface area contributed by atoms with Crippen molar-refractivity contribution in [3.05, 3.63) is 11.6 Å². The number of carbonyl (C=O) groups excluding carboxylic acids is 2. The number of ether oxygens (including phenoxy) is 2. The van der Waals surface area contributed by atoms with Crippen LogP contribution >= 0.6 is 0 Å². The second kappa shape index (κ2) is 8.51. The van der Waals surface area contributed by atoms with Crippen LogP contribution in [-0.4, -0.2) is 67.3 Å². The highest BCUT2D eigenvalue weighted by molar-refractivity contribution is 7.85. The van der Waals surface area contributed by atoms with Crippen LogP contribution in [0.25, 0.3) is 0 Å². The molecule has 4 aliphatic carbocycles. The van der Waals surface area contributed by atoms with Gasteiger partial charge in [-0.1, -0.05) is 6.92 Å². The summed E-state index contributed by atoms with van der Waals surface area (Å²) < 4.78 is 40.2. The summed E-state index contributed by atoms with van der Waals surface area (Å²) in [6.07, 6.45) is 7.01. The molecular weight excluding hydrogens is 488 g/mol. The third-order valence-corrected chi connectivity index (χ3v) is 11.2. The Balaban J connectivity index is 1.50. The van der Waals surface area contributed by atoms with Crippen molar-refractivity contribution in [1.82, 2.24) is 0 Å². The van der Waals surface area contributed by atoms with Gasteiger partial charge in [0, 0.05) is 30.3 Å². The Hall–Kier alpha value is -1.49. The number of carbonyl (C=O) groups is 2. The van der Waals surface area contributed by atoms with Crippen LogP contribution < -0.4 is 0 Å². The first-order valence-electron chi connectivity index (χ1n) is 13.1. The van der Waals surface area contributed by atoms with Gasteiger partial charge in [-0.2, -0.15) is 8.42 Å². The number of cyclic esters (lactones) is 1. The lowest BCUT2D eigenvalue weighted by Crippen LogP contribution is -2.69. The Kier molecular flexibility index (Phi) is 6.18. The van der Waals surface area contributed by atoms with E-state index >= 15 is 0 Å². The zero-order valence-corrected chi connectivity index (χ0v) is 22.1. The number of rotatable bonds is 5. The molecule has 36 heavy (non-hydrogen) atoms. The fraction of sp³-hybridized carbons (Fsp3) is 0.846. The van der Waals surface area contributed by atoms with Crippen molar-refractivity contribution < 1.29 is 41.9 Å². The molecule has 5 aliphatic rings. The van der Waals surface area contributed by atoms with E-state index in [1.54, 1.807) is 6.08 Å². The summed E-state index contributed by atoms with van der Waals surface area (Å²) in [5.41, 5.74) is -2.67. The molecule has 2 N–H and O–H groups in total. The summed E-state index contributed by atoms with van der Waals surface area (Å²) in [5, 5.41) is 24.5. The minimum Gasteiger partial charge on any atom is -0.462 e. The zero-order valence-electron chi connectivity index (χ0n) is 21.3. The highest BCUT2D eigenvalue weighted by Crippen LogP contribution is 2.70. The maximum absolute atomic E-state index is 12.4. The van der Waals surface area contributed by atoms with Crippen LogP contribution in [0.4, 0.5) is 0 Å². The molecule has 1 aliphatic heterocycles. The smallest absolute Gasteiger partial charge is 0.331 e. The molecule has 10 heteroatoms. The van der Waals surface area contributed by atoms with Crippen LogP contribution in [0.15, 0.2) is 11.6 Å². The van der Waals surface area contributed by atoms with Gasteiger partial charge in [0.25, 0.3) is 10.1 Å². The van der Waals surface area contributed by atoms with Crippen molar-refractivity contribution >= 4 is 22.1 Å². The first-order chi connectivity index (χ1) is 16.7. The second-order valence-electron chi connectivity index (χ2n) is 12.2. The molecule has 0 bridgehead atoms. The number of fused-ring (bicyclic) bond motifs is 5. The van der Waals surface area contributed by atoms with Gasteiger partial charge in [0.2, 0.25) is 0 Å². The molecule has 4 saturated carbocycles. The average molecular weight is 527 g/mol. The predicted molar refractivity (Wildman–Crippen MR) is 128 cm³/mol. The van der Waals surface area contributed by atoms with E-state index in [0.29, 0.717) is 44.9 Å². The van der Waals surface area contributed by atoms with Gasteiger partial charge in [-0.05, 0) is 74.7 Å². The van der Waals surface area contributed by atoms with Crippen molar-refractivity contribution in [3.63, 3.8) is 0 Å². The average Bonchev–Trinajstić information content (AvgIpc) is 3.31. The van der Waals surface area contributed by atoms with E-state index in [2.05, 4.69) is 6.92 Å². The number of hydrogen-bond acceptors (Lipinski definition) is 9. The largest absolute Gasteiger partial charge is 0.462 e. The fourth-order valence-corrected chi connectivity index (χ4v) is 9.44. The quantitative estimate of drug-likeness (QED) is 0.408. The molecule has 8 atom stereocenters. The van der Waals surface area contributed by atoms with Gasteiger partial charge >= 0.3 is 11.9 Å². The maximum atomic E-state index is 12.4. The maximum Gasteiger partial charge on any atom is 0.331 e. The third-order valence-electron chi connectivity index (χ3n) is 10.6. The van der Waals surface area contributed by atoms with Crippen molar-refractivity contribution in [3.8, 4) is 0 Å². The van der Waals surface area contributed by atoms with Gasteiger partial charge in [0.15, 0.2) is 0 Å². The minimum absolute atomic E-state index is 0.0404. The van der Waals surface area contributed by atoms with Crippen LogP contribution in [0.1, 0.15) is 71.6 Å². The molecular formula is C26H38O9S. The summed E-state index contributed by atoms with van der Waals surface area (Å²) >= 11 is 0. The number of hydrogen-bond donors (Lipinski definition) is 2. The Morgan fingerprint density at radius 3 is 2.47 bits per heavy atom. The molecule has 0 aromatic rings. The molecule has 0 aromatic heterocycles. The molecule has 202 valence electrons. The molecule has 0 amide bonds. The van der Waals surface area contributed by atoms with Gasteiger partial charge in [0.1, 0.15) is 12.7 Å². The van der Waals surface area contributed by atoms with Crippen LogP contribution in [0.2, 0.25) is 0 Å². The normalized spacial score (nSPS) is 46.2. The Bertz CT molecular complexity index is 1080. The summed E-state index contributed by atoms with van der Waals surface area (Å²) in [6.45, 7) is 3.58. The molecule has 0 unspecified atom stereocenters. The summed E-state index contributed by atoms with van der Waals surface area (Å²) in [6, 6.07) is 0. The number of esters is 2. The Morgan fingerprint density at radius 2 is 1.83 bits per heavy atom. The van der Waals surface area contributed by atoms with Crippen molar-refractivity contribution in [2.75, 3.05) is 19.5 Å². The van der Waals surface area contributed by atoms with E-state index in [1.165, 1.54) is 6.92 Å². The van der Waals surface area contributed by atoms with E-state index in [9.17, 15) is 28.2 Å². The SMILES string of the molecule is CC(=O)O[C@@H]1CC[C@]2(COS(C)(=O)=O)[C@@H]3CC[C@@]4(C)[C@H](C5=CC(=O)OC5)CC[C@]4(O)[C@H]3CC[C@@]2(O)C1. The molecule has 0 saturated heterocycles. The van der Waals surface area contributed by atoms with E-state index in [0.717, 1.165) is 18.2 Å². The lowest BCUT2D eigenvalue weighted by Gasteiger charge is -2.66. The number of aliphatic hydroxyl groups is 2. The first kappa shape index (κ1) is 26.1. The summed E-state index contributed by atoms with van der Waals surface area (Å²) in [5.74, 6) is -0.988. The Labute approximate surface area is 212 Å². The molecule has 0 aromatic carbocycles. The molecule has 1 heterocycles. The van der Waals surface area contributed by atoms with E-state index in [4.69, 9.17) is 13.7 Å².